The summed E-state index contributed by atoms with van der Waals surface area (Å²) in [7, 11) is 0. The first-order chi connectivity index (χ1) is 17.3. The summed E-state index contributed by atoms with van der Waals surface area (Å²) in [4.78, 5) is 44.7. The fourth-order valence-corrected chi connectivity index (χ4v) is 6.88. The van der Waals surface area contributed by atoms with E-state index in [1.807, 2.05) is 13.8 Å². The van der Waals surface area contributed by atoms with Gasteiger partial charge in [-0.15, -0.1) is 0 Å². The van der Waals surface area contributed by atoms with Crippen LogP contribution in [-0.2, 0) is 28.6 Å². The summed E-state index contributed by atoms with van der Waals surface area (Å²) < 4.78 is 17.5. The highest BCUT2D eigenvalue weighted by Gasteiger charge is 2.80. The van der Waals surface area contributed by atoms with Gasteiger partial charge < -0.3 is 29.5 Å². The zero-order valence-electron chi connectivity index (χ0n) is 22.0. The van der Waals surface area contributed by atoms with Crippen LogP contribution in [0.5, 0.6) is 0 Å². The van der Waals surface area contributed by atoms with Crippen LogP contribution in [-0.4, -0.2) is 109 Å². The third-order valence-electron chi connectivity index (χ3n) is 8.74. The molecule has 0 aromatic rings. The topological polar surface area (TPSA) is 118 Å². The van der Waals surface area contributed by atoms with Gasteiger partial charge in [-0.1, -0.05) is 19.8 Å². The summed E-state index contributed by atoms with van der Waals surface area (Å²) in [6.07, 6.45) is 3.71. The van der Waals surface area contributed by atoms with Crippen molar-refractivity contribution in [1.82, 2.24) is 15.1 Å². The molecular weight excluding hydrogens is 466 g/mol. The third kappa shape index (κ3) is 4.77. The molecule has 0 aliphatic carbocycles. The molecule has 10 heteroatoms. The zero-order chi connectivity index (χ0) is 25.9. The number of hydrogen-bond donors (Lipinski definition) is 2. The van der Waals surface area contributed by atoms with Crippen LogP contribution in [0.3, 0.4) is 0 Å². The number of nitrogens with zero attached hydrogens (tertiary/aromatic N) is 2. The highest BCUT2D eigenvalue weighted by Crippen LogP contribution is 2.65. The first-order valence-corrected chi connectivity index (χ1v) is 13.7. The third-order valence-corrected chi connectivity index (χ3v) is 8.74. The van der Waals surface area contributed by atoms with Crippen molar-refractivity contribution >= 4 is 17.8 Å². The van der Waals surface area contributed by atoms with Crippen molar-refractivity contribution in [3.05, 3.63) is 0 Å². The van der Waals surface area contributed by atoms with E-state index in [4.69, 9.17) is 19.3 Å². The van der Waals surface area contributed by atoms with Gasteiger partial charge in [-0.3, -0.25) is 19.3 Å². The minimum atomic E-state index is -1.03. The number of aliphatic hydroxyl groups excluding tert-OH is 1. The average molecular weight is 510 g/mol. The van der Waals surface area contributed by atoms with E-state index in [0.29, 0.717) is 39.3 Å². The molecule has 4 rings (SSSR count). The summed E-state index contributed by atoms with van der Waals surface area (Å²) in [5.74, 6) is -2.25. The van der Waals surface area contributed by atoms with Crippen LogP contribution in [0.4, 0.5) is 0 Å². The number of carbonyl (C=O) groups is 3. The molecule has 0 aromatic carbocycles. The van der Waals surface area contributed by atoms with Crippen LogP contribution >= 0.6 is 0 Å². The highest BCUT2D eigenvalue weighted by atomic mass is 16.6. The molecule has 6 atom stereocenters. The maximum Gasteiger partial charge on any atom is 0.312 e. The standard InChI is InChI=1S/C26H43N3O7/c1-4-35-24(33)20-19-23(32)29(10-7-5-6-8-14-30)21(26(19)17-18(2)25(20,3)36-26)22(31)27-9-11-28-12-15-34-16-13-28/h18-21,30H,4-17H2,1-3H3,(H,27,31)/t18?,19-,20+,21?,25-,26?/m0/s1. The molecule has 2 N–H and O–H groups in total. The molecule has 36 heavy (non-hydrogen) atoms. The molecule has 2 bridgehead atoms. The van der Waals surface area contributed by atoms with Gasteiger partial charge in [-0.25, -0.2) is 0 Å². The summed E-state index contributed by atoms with van der Waals surface area (Å²) >= 11 is 0. The van der Waals surface area contributed by atoms with E-state index in [1.54, 1.807) is 11.8 Å². The fourth-order valence-electron chi connectivity index (χ4n) is 6.88. The molecule has 4 fully saturated rings. The smallest absolute Gasteiger partial charge is 0.312 e. The molecule has 4 saturated heterocycles. The molecule has 4 heterocycles. The Morgan fingerprint density at radius 2 is 1.89 bits per heavy atom. The minimum absolute atomic E-state index is 0.00381. The van der Waals surface area contributed by atoms with E-state index in [2.05, 4.69) is 10.2 Å². The maximum atomic E-state index is 13.9. The number of likely N-dealkylation sites (tertiary alicyclic amines) is 1. The van der Waals surface area contributed by atoms with Gasteiger partial charge in [0.05, 0.1) is 31.3 Å². The maximum absolute atomic E-state index is 13.9. The number of unbranched alkanes of at least 4 members (excludes halogenated alkanes) is 3. The number of amides is 2. The van der Waals surface area contributed by atoms with Crippen molar-refractivity contribution in [2.45, 2.75) is 70.1 Å². The normalized spacial score (nSPS) is 35.8. The second-order valence-electron chi connectivity index (χ2n) is 10.9. The van der Waals surface area contributed by atoms with Crippen molar-refractivity contribution in [3.63, 3.8) is 0 Å². The van der Waals surface area contributed by atoms with Gasteiger partial charge in [-0.05, 0) is 39.0 Å². The molecule has 204 valence electrons. The molecule has 10 nitrogen and oxygen atoms in total. The Morgan fingerprint density at radius 3 is 2.58 bits per heavy atom. The Bertz CT molecular complexity index is 819. The second kappa shape index (κ2) is 11.3. The first kappa shape index (κ1) is 27.3. The van der Waals surface area contributed by atoms with Crippen LogP contribution in [0.25, 0.3) is 0 Å². The van der Waals surface area contributed by atoms with Crippen molar-refractivity contribution in [2.75, 3.05) is 59.2 Å². The number of fused-ring (bicyclic) bond motifs is 1. The van der Waals surface area contributed by atoms with Crippen LogP contribution in [0.1, 0.15) is 52.9 Å². The Morgan fingerprint density at radius 1 is 1.17 bits per heavy atom. The first-order valence-electron chi connectivity index (χ1n) is 13.7. The lowest BCUT2D eigenvalue weighted by atomic mass is 9.62. The molecule has 1 spiro atoms. The number of hydrogen-bond acceptors (Lipinski definition) is 8. The van der Waals surface area contributed by atoms with E-state index >= 15 is 0 Å². The predicted octanol–water partition coefficient (Wildman–Crippen LogP) is 0.561. The molecule has 0 radical (unpaired) electrons. The van der Waals surface area contributed by atoms with Crippen LogP contribution in [0.15, 0.2) is 0 Å². The molecule has 0 saturated carbocycles. The summed E-state index contributed by atoms with van der Waals surface area (Å²) in [5.41, 5.74) is -1.87. The van der Waals surface area contributed by atoms with Gasteiger partial charge in [0.1, 0.15) is 17.6 Å². The number of rotatable bonds is 12. The average Bonchev–Trinajstić information content (AvgIpc) is 3.36. The van der Waals surface area contributed by atoms with Crippen LogP contribution in [0.2, 0.25) is 0 Å². The highest BCUT2D eigenvalue weighted by molar-refractivity contribution is 5.98. The SMILES string of the molecule is CCOC(=O)[C@H]1[C@H]2C(=O)N(CCCCCCO)C(C(=O)NCCN3CCOCC3)C23CC(C)[C@]1(C)O3. The summed E-state index contributed by atoms with van der Waals surface area (Å²) in [6.45, 7) is 10.7. The Kier molecular flexibility index (Phi) is 8.59. The van der Waals surface area contributed by atoms with Crippen LogP contribution in [0, 0.1) is 17.8 Å². The number of aliphatic hydroxyl groups is 1. The summed E-state index contributed by atoms with van der Waals surface area (Å²) in [5, 5.41) is 12.2. The van der Waals surface area contributed by atoms with Crippen molar-refractivity contribution in [2.24, 2.45) is 17.8 Å². The van der Waals surface area contributed by atoms with Crippen molar-refractivity contribution in [3.8, 4) is 0 Å². The number of ether oxygens (including phenoxy) is 3. The monoisotopic (exact) mass is 509 g/mol. The second-order valence-corrected chi connectivity index (χ2v) is 10.9. The lowest BCUT2D eigenvalue weighted by molar-refractivity contribution is -0.161. The van der Waals surface area contributed by atoms with Gasteiger partial charge in [0.25, 0.3) is 0 Å². The van der Waals surface area contributed by atoms with Gasteiger partial charge in [0.15, 0.2) is 0 Å². The molecular formula is C26H43N3O7. The molecule has 3 unspecified atom stereocenters. The quantitative estimate of drug-likeness (QED) is 0.290. The number of carbonyl (C=O) groups excluding carboxylic acids is 3. The van der Waals surface area contributed by atoms with Gasteiger partial charge >= 0.3 is 5.97 Å². The van der Waals surface area contributed by atoms with Gasteiger partial charge in [0, 0.05) is 39.3 Å². The van der Waals surface area contributed by atoms with Gasteiger partial charge in [-0.2, -0.15) is 0 Å². The fraction of sp³-hybridized carbons (Fsp3) is 0.885. The Balaban J connectivity index is 1.55. The van der Waals surface area contributed by atoms with E-state index in [9.17, 15) is 14.4 Å². The lowest BCUT2D eigenvalue weighted by Gasteiger charge is -2.35. The molecule has 4 aliphatic heterocycles. The Hall–Kier alpha value is -1.75. The number of morpholine rings is 1. The largest absolute Gasteiger partial charge is 0.466 e. The van der Waals surface area contributed by atoms with E-state index in [0.717, 1.165) is 38.8 Å². The van der Waals surface area contributed by atoms with E-state index in [-0.39, 0.29) is 30.9 Å². The number of nitrogens with one attached hydrogen (secondary N) is 1. The zero-order valence-corrected chi connectivity index (χ0v) is 22.0. The molecule has 4 aliphatic rings. The lowest BCUT2D eigenvalue weighted by Crippen LogP contribution is -2.56. The summed E-state index contributed by atoms with van der Waals surface area (Å²) in [6, 6.07) is -0.777. The van der Waals surface area contributed by atoms with E-state index in [1.165, 1.54) is 0 Å². The Labute approximate surface area is 214 Å². The van der Waals surface area contributed by atoms with Crippen molar-refractivity contribution < 1.29 is 33.7 Å². The van der Waals surface area contributed by atoms with Crippen molar-refractivity contribution in [1.29, 1.82) is 0 Å². The molecule has 0 aromatic heterocycles. The predicted molar refractivity (Wildman–Crippen MR) is 131 cm³/mol. The number of esters is 1. The van der Waals surface area contributed by atoms with Crippen LogP contribution < -0.4 is 5.32 Å². The molecule has 2 amide bonds. The van der Waals surface area contributed by atoms with Gasteiger partial charge in [0.2, 0.25) is 11.8 Å². The minimum Gasteiger partial charge on any atom is -0.466 e. The van der Waals surface area contributed by atoms with E-state index < -0.39 is 35.0 Å².